The summed E-state index contributed by atoms with van der Waals surface area (Å²) in [5.41, 5.74) is -0.104. The standard InChI is InChI=1S/C10H10F2N2/c11-7-3-1-4-8(12)10(7)14-9-5-2-6-13-9/h1,3-4H,2,5-6H2,(H,13,14). The van der Waals surface area contributed by atoms with Crippen LogP contribution >= 0.6 is 0 Å². The van der Waals surface area contributed by atoms with Gasteiger partial charge in [0.05, 0.1) is 0 Å². The molecule has 0 saturated heterocycles. The molecule has 0 aromatic heterocycles. The van der Waals surface area contributed by atoms with Gasteiger partial charge in [0.15, 0.2) is 0 Å². The number of hydrogen-bond acceptors (Lipinski definition) is 2. The first kappa shape index (κ1) is 9.12. The summed E-state index contributed by atoms with van der Waals surface area (Å²) in [5.74, 6) is -0.506. The SMILES string of the molecule is Fc1cccc(F)c1NC1=NCCC1. The monoisotopic (exact) mass is 196 g/mol. The first-order valence-electron chi connectivity index (χ1n) is 4.52. The molecule has 1 heterocycles. The number of nitrogens with one attached hydrogen (secondary N) is 1. The van der Waals surface area contributed by atoms with E-state index >= 15 is 0 Å². The van der Waals surface area contributed by atoms with Crippen molar-refractivity contribution < 1.29 is 8.78 Å². The minimum Gasteiger partial charge on any atom is -0.339 e. The number of para-hydroxylation sites is 1. The van der Waals surface area contributed by atoms with Gasteiger partial charge < -0.3 is 5.32 Å². The highest BCUT2D eigenvalue weighted by atomic mass is 19.1. The summed E-state index contributed by atoms with van der Waals surface area (Å²) in [6, 6.07) is 3.79. The van der Waals surface area contributed by atoms with Crippen molar-refractivity contribution in [2.75, 3.05) is 11.9 Å². The van der Waals surface area contributed by atoms with Crippen LogP contribution in [0, 0.1) is 11.6 Å². The minimum absolute atomic E-state index is 0.104. The Bertz CT molecular complexity index is 354. The molecule has 1 aromatic rings. The maximum atomic E-state index is 13.1. The number of nitrogens with zero attached hydrogens (tertiary/aromatic N) is 1. The Balaban J connectivity index is 2.23. The lowest BCUT2D eigenvalue weighted by atomic mass is 10.2. The predicted molar refractivity (Wildman–Crippen MR) is 51.5 cm³/mol. The molecule has 1 aromatic carbocycles. The van der Waals surface area contributed by atoms with Crippen LogP contribution in [0.15, 0.2) is 23.2 Å². The Hall–Kier alpha value is -1.45. The molecule has 4 heteroatoms. The number of benzene rings is 1. The molecule has 0 unspecified atom stereocenters. The zero-order chi connectivity index (χ0) is 9.97. The molecule has 0 fully saturated rings. The van der Waals surface area contributed by atoms with E-state index in [0.29, 0.717) is 5.84 Å². The second kappa shape index (κ2) is 3.74. The average molecular weight is 196 g/mol. The van der Waals surface area contributed by atoms with E-state index in [1.165, 1.54) is 18.2 Å². The molecule has 0 bridgehead atoms. The smallest absolute Gasteiger partial charge is 0.149 e. The highest BCUT2D eigenvalue weighted by Gasteiger charge is 2.12. The molecule has 0 atom stereocenters. The van der Waals surface area contributed by atoms with E-state index < -0.39 is 11.6 Å². The maximum absolute atomic E-state index is 13.1. The van der Waals surface area contributed by atoms with E-state index in [1.54, 1.807) is 0 Å². The van der Waals surface area contributed by atoms with Gasteiger partial charge in [0.2, 0.25) is 0 Å². The van der Waals surface area contributed by atoms with E-state index in [1.807, 2.05) is 0 Å². The third-order valence-corrected chi connectivity index (χ3v) is 2.11. The van der Waals surface area contributed by atoms with Gasteiger partial charge in [0, 0.05) is 13.0 Å². The lowest BCUT2D eigenvalue weighted by molar-refractivity contribution is 0.591. The molecule has 1 aliphatic heterocycles. The Labute approximate surface area is 80.7 Å². The van der Waals surface area contributed by atoms with E-state index in [4.69, 9.17) is 0 Å². The summed E-state index contributed by atoms with van der Waals surface area (Å²) in [7, 11) is 0. The Morgan fingerprint density at radius 1 is 1.21 bits per heavy atom. The van der Waals surface area contributed by atoms with Crippen LogP contribution in [-0.4, -0.2) is 12.4 Å². The van der Waals surface area contributed by atoms with E-state index in [2.05, 4.69) is 10.3 Å². The Morgan fingerprint density at radius 3 is 2.50 bits per heavy atom. The summed E-state index contributed by atoms with van der Waals surface area (Å²) in [6.07, 6.45) is 1.70. The van der Waals surface area contributed by atoms with Gasteiger partial charge in [-0.15, -0.1) is 0 Å². The fourth-order valence-corrected chi connectivity index (χ4v) is 1.40. The molecule has 2 rings (SSSR count). The van der Waals surface area contributed by atoms with E-state index in [-0.39, 0.29) is 5.69 Å². The maximum Gasteiger partial charge on any atom is 0.149 e. The molecule has 14 heavy (non-hydrogen) atoms. The van der Waals surface area contributed by atoms with Crippen molar-refractivity contribution >= 4 is 11.5 Å². The van der Waals surface area contributed by atoms with Gasteiger partial charge in [0.25, 0.3) is 0 Å². The molecule has 74 valence electrons. The number of anilines is 1. The second-order valence-electron chi connectivity index (χ2n) is 3.15. The topological polar surface area (TPSA) is 24.4 Å². The summed E-state index contributed by atoms with van der Waals surface area (Å²) in [4.78, 5) is 4.09. The van der Waals surface area contributed by atoms with Gasteiger partial charge in [-0.3, -0.25) is 4.99 Å². The van der Waals surface area contributed by atoms with Crippen molar-refractivity contribution in [3.8, 4) is 0 Å². The molecule has 1 N–H and O–H groups in total. The third kappa shape index (κ3) is 1.73. The van der Waals surface area contributed by atoms with Crippen molar-refractivity contribution in [1.82, 2.24) is 0 Å². The first-order chi connectivity index (χ1) is 6.77. The van der Waals surface area contributed by atoms with Crippen LogP contribution in [0.25, 0.3) is 0 Å². The fraction of sp³-hybridized carbons (Fsp3) is 0.300. The molecule has 2 nitrogen and oxygen atoms in total. The highest BCUT2D eigenvalue weighted by Crippen LogP contribution is 2.19. The largest absolute Gasteiger partial charge is 0.339 e. The van der Waals surface area contributed by atoms with Gasteiger partial charge in [0.1, 0.15) is 23.2 Å². The van der Waals surface area contributed by atoms with Gasteiger partial charge in [-0.2, -0.15) is 0 Å². The number of rotatable bonds is 1. The quantitative estimate of drug-likeness (QED) is 0.733. The molecule has 0 aliphatic carbocycles. The van der Waals surface area contributed by atoms with Crippen LogP contribution < -0.4 is 5.32 Å². The van der Waals surface area contributed by atoms with Gasteiger partial charge in [-0.1, -0.05) is 6.07 Å². The lowest BCUT2D eigenvalue weighted by Gasteiger charge is -2.07. The zero-order valence-corrected chi connectivity index (χ0v) is 7.56. The zero-order valence-electron chi connectivity index (χ0n) is 7.56. The van der Waals surface area contributed by atoms with Crippen LogP contribution in [0.3, 0.4) is 0 Å². The highest BCUT2D eigenvalue weighted by molar-refractivity contribution is 5.96. The normalized spacial score (nSPS) is 15.4. The average Bonchev–Trinajstić information content (AvgIpc) is 2.64. The number of aliphatic imine (C=N–C) groups is 1. The van der Waals surface area contributed by atoms with Crippen LogP contribution in [0.2, 0.25) is 0 Å². The molecule has 0 saturated carbocycles. The van der Waals surface area contributed by atoms with Crippen molar-refractivity contribution in [3.05, 3.63) is 29.8 Å². The van der Waals surface area contributed by atoms with E-state index in [9.17, 15) is 8.78 Å². The van der Waals surface area contributed by atoms with Gasteiger partial charge in [-0.05, 0) is 18.6 Å². The molecular formula is C10H10F2N2. The third-order valence-electron chi connectivity index (χ3n) is 2.11. The molecule has 0 amide bonds. The van der Waals surface area contributed by atoms with Crippen LogP contribution in [0.4, 0.5) is 14.5 Å². The summed E-state index contributed by atoms with van der Waals surface area (Å²) >= 11 is 0. The van der Waals surface area contributed by atoms with Crippen molar-refractivity contribution in [2.24, 2.45) is 4.99 Å². The number of amidine groups is 1. The Kier molecular flexibility index (Phi) is 2.43. The summed E-state index contributed by atoms with van der Waals surface area (Å²) < 4.78 is 26.3. The Morgan fingerprint density at radius 2 is 1.93 bits per heavy atom. The number of hydrogen-bond donors (Lipinski definition) is 1. The molecule has 0 radical (unpaired) electrons. The predicted octanol–water partition coefficient (Wildman–Crippen LogP) is 2.57. The van der Waals surface area contributed by atoms with Gasteiger partial charge in [-0.25, -0.2) is 8.78 Å². The summed E-state index contributed by atoms with van der Waals surface area (Å²) in [5, 5.41) is 2.68. The van der Waals surface area contributed by atoms with Crippen LogP contribution in [0.1, 0.15) is 12.8 Å². The van der Waals surface area contributed by atoms with Crippen LogP contribution in [0.5, 0.6) is 0 Å². The van der Waals surface area contributed by atoms with Crippen molar-refractivity contribution in [1.29, 1.82) is 0 Å². The summed E-state index contributed by atoms with van der Waals surface area (Å²) in [6.45, 7) is 0.735. The lowest BCUT2D eigenvalue weighted by Crippen LogP contribution is -2.11. The minimum atomic E-state index is -0.584. The number of halogens is 2. The first-order valence-corrected chi connectivity index (χ1v) is 4.52. The van der Waals surface area contributed by atoms with E-state index in [0.717, 1.165) is 19.4 Å². The molecule has 0 spiro atoms. The second-order valence-corrected chi connectivity index (χ2v) is 3.15. The van der Waals surface area contributed by atoms with Crippen molar-refractivity contribution in [3.63, 3.8) is 0 Å². The van der Waals surface area contributed by atoms with Gasteiger partial charge >= 0.3 is 0 Å². The van der Waals surface area contributed by atoms with Crippen LogP contribution in [-0.2, 0) is 0 Å². The molecular weight excluding hydrogens is 186 g/mol. The molecule has 1 aliphatic rings. The van der Waals surface area contributed by atoms with Crippen molar-refractivity contribution in [2.45, 2.75) is 12.8 Å². The fourth-order valence-electron chi connectivity index (χ4n) is 1.40.